The number of aryl methyl sites for hydroxylation is 1. The van der Waals surface area contributed by atoms with Crippen LogP contribution in [0.25, 0.3) is 10.1 Å². The van der Waals surface area contributed by atoms with Gasteiger partial charge in [0.15, 0.2) is 0 Å². The second-order valence-electron chi connectivity index (χ2n) is 5.17. The highest BCUT2D eigenvalue weighted by atomic mass is 32.1. The number of rotatable bonds is 3. The lowest BCUT2D eigenvalue weighted by Gasteiger charge is -2.19. The van der Waals surface area contributed by atoms with Crippen molar-refractivity contribution < 1.29 is 4.79 Å². The van der Waals surface area contributed by atoms with E-state index in [1.165, 1.54) is 16.9 Å². The normalized spacial score (nSPS) is 14.8. The van der Waals surface area contributed by atoms with Crippen LogP contribution in [-0.4, -0.2) is 23.4 Å². The van der Waals surface area contributed by atoms with E-state index in [2.05, 4.69) is 18.2 Å². The van der Waals surface area contributed by atoms with Gasteiger partial charge in [-0.1, -0.05) is 11.6 Å². The quantitative estimate of drug-likeness (QED) is 0.932. The van der Waals surface area contributed by atoms with E-state index in [1.807, 2.05) is 18.7 Å². The Bertz CT molecular complexity index is 643. The van der Waals surface area contributed by atoms with Crippen LogP contribution in [0.2, 0.25) is 0 Å². The molecule has 0 unspecified atom stereocenters. The van der Waals surface area contributed by atoms with E-state index in [4.69, 9.17) is 5.73 Å². The summed E-state index contributed by atoms with van der Waals surface area (Å²) < 4.78 is 1.10. The van der Waals surface area contributed by atoms with Crippen molar-refractivity contribution in [2.24, 2.45) is 0 Å². The van der Waals surface area contributed by atoms with Gasteiger partial charge in [0.1, 0.15) is 4.88 Å². The first-order valence-electron chi connectivity index (χ1n) is 6.71. The van der Waals surface area contributed by atoms with Gasteiger partial charge in [0.05, 0.1) is 5.69 Å². The molecule has 4 heteroatoms. The fourth-order valence-electron chi connectivity index (χ4n) is 2.47. The Labute approximate surface area is 117 Å². The van der Waals surface area contributed by atoms with Crippen molar-refractivity contribution in [3.63, 3.8) is 0 Å². The maximum atomic E-state index is 12.6. The number of hydrogen-bond donors (Lipinski definition) is 1. The number of fused-ring (bicyclic) bond motifs is 1. The van der Waals surface area contributed by atoms with Gasteiger partial charge in [-0.15, -0.1) is 11.3 Å². The Hall–Kier alpha value is -1.55. The Morgan fingerprint density at radius 3 is 2.84 bits per heavy atom. The summed E-state index contributed by atoms with van der Waals surface area (Å²) in [6, 6.07) is 6.61. The van der Waals surface area contributed by atoms with E-state index < -0.39 is 0 Å². The van der Waals surface area contributed by atoms with Crippen molar-refractivity contribution in [2.45, 2.75) is 32.7 Å². The molecule has 100 valence electrons. The van der Waals surface area contributed by atoms with Crippen LogP contribution < -0.4 is 5.73 Å². The molecule has 3 nitrogen and oxygen atoms in total. The molecule has 1 aromatic carbocycles. The third-order valence-corrected chi connectivity index (χ3v) is 4.84. The molecule has 19 heavy (non-hydrogen) atoms. The fourth-order valence-corrected chi connectivity index (χ4v) is 3.53. The molecule has 0 radical (unpaired) electrons. The molecule has 3 rings (SSSR count). The molecule has 1 fully saturated rings. The summed E-state index contributed by atoms with van der Waals surface area (Å²) >= 11 is 1.51. The first-order valence-corrected chi connectivity index (χ1v) is 7.53. The molecular formula is C15H18N2OS. The van der Waals surface area contributed by atoms with Gasteiger partial charge >= 0.3 is 0 Å². The van der Waals surface area contributed by atoms with Crippen LogP contribution >= 0.6 is 11.3 Å². The lowest BCUT2D eigenvalue weighted by Crippen LogP contribution is -2.32. The predicted molar refractivity (Wildman–Crippen MR) is 80.7 cm³/mol. The molecule has 1 aliphatic rings. The number of carbonyl (C=O) groups excluding carboxylic acids is 1. The number of amides is 1. The Balaban J connectivity index is 2.04. The van der Waals surface area contributed by atoms with E-state index >= 15 is 0 Å². The van der Waals surface area contributed by atoms with Crippen LogP contribution in [0, 0.1) is 6.92 Å². The van der Waals surface area contributed by atoms with E-state index in [0.717, 1.165) is 29.5 Å². The summed E-state index contributed by atoms with van der Waals surface area (Å²) in [5.41, 5.74) is 8.00. The number of thiophene rings is 1. The van der Waals surface area contributed by atoms with Crippen LogP contribution in [0.1, 0.15) is 35.0 Å². The maximum absolute atomic E-state index is 12.6. The van der Waals surface area contributed by atoms with Gasteiger partial charge in [0, 0.05) is 22.7 Å². The van der Waals surface area contributed by atoms with Crippen molar-refractivity contribution in [2.75, 3.05) is 12.3 Å². The minimum absolute atomic E-state index is 0.0985. The van der Waals surface area contributed by atoms with Crippen molar-refractivity contribution >= 4 is 33.0 Å². The molecule has 2 N–H and O–H groups in total. The van der Waals surface area contributed by atoms with Crippen LogP contribution in [0.4, 0.5) is 5.69 Å². The molecule has 0 bridgehead atoms. The van der Waals surface area contributed by atoms with E-state index in [-0.39, 0.29) is 5.91 Å². The van der Waals surface area contributed by atoms with Crippen molar-refractivity contribution in [3.05, 3.63) is 28.6 Å². The minimum Gasteiger partial charge on any atom is -0.397 e. The second kappa shape index (κ2) is 4.53. The molecule has 0 spiro atoms. The summed E-state index contributed by atoms with van der Waals surface area (Å²) in [4.78, 5) is 15.2. The Kier molecular flexibility index (Phi) is 2.97. The number of nitrogens with two attached hydrogens (primary N) is 1. The highest BCUT2D eigenvalue weighted by Gasteiger charge is 2.33. The van der Waals surface area contributed by atoms with Crippen LogP contribution in [0.15, 0.2) is 18.2 Å². The minimum atomic E-state index is 0.0985. The topological polar surface area (TPSA) is 46.3 Å². The molecule has 0 aliphatic heterocycles. The molecule has 1 saturated carbocycles. The molecule has 0 atom stereocenters. The Morgan fingerprint density at radius 1 is 1.47 bits per heavy atom. The van der Waals surface area contributed by atoms with E-state index in [9.17, 15) is 4.79 Å². The molecule has 1 heterocycles. The van der Waals surface area contributed by atoms with Crippen molar-refractivity contribution in [3.8, 4) is 0 Å². The number of hydrogen-bond acceptors (Lipinski definition) is 3. The zero-order valence-corrected chi connectivity index (χ0v) is 12.1. The average molecular weight is 274 g/mol. The number of benzene rings is 1. The number of carbonyl (C=O) groups is 1. The lowest BCUT2D eigenvalue weighted by atomic mass is 10.1. The third-order valence-electron chi connectivity index (χ3n) is 3.67. The predicted octanol–water partition coefficient (Wildman–Crippen LogP) is 3.42. The molecule has 1 aliphatic carbocycles. The summed E-state index contributed by atoms with van der Waals surface area (Å²) in [6.07, 6.45) is 2.26. The SMILES string of the molecule is CCN(C(=O)c1sc2ccc(C)cc2c1N)C1CC1. The largest absolute Gasteiger partial charge is 0.397 e. The lowest BCUT2D eigenvalue weighted by molar-refractivity contribution is 0.0758. The van der Waals surface area contributed by atoms with E-state index in [0.29, 0.717) is 16.6 Å². The second-order valence-corrected chi connectivity index (χ2v) is 6.22. The molecular weight excluding hydrogens is 256 g/mol. The number of anilines is 1. The van der Waals surface area contributed by atoms with Gasteiger partial charge in [0.25, 0.3) is 5.91 Å². The maximum Gasteiger partial charge on any atom is 0.266 e. The number of nitrogens with zero attached hydrogens (tertiary/aromatic N) is 1. The monoisotopic (exact) mass is 274 g/mol. The first kappa shape index (κ1) is 12.5. The van der Waals surface area contributed by atoms with Crippen molar-refractivity contribution in [1.82, 2.24) is 4.90 Å². The Morgan fingerprint density at radius 2 is 2.21 bits per heavy atom. The van der Waals surface area contributed by atoms with Crippen LogP contribution in [0.3, 0.4) is 0 Å². The van der Waals surface area contributed by atoms with Crippen LogP contribution in [-0.2, 0) is 0 Å². The molecule has 0 saturated heterocycles. The number of nitrogen functional groups attached to an aromatic ring is 1. The van der Waals surface area contributed by atoms with Gasteiger partial charge in [-0.25, -0.2) is 0 Å². The highest BCUT2D eigenvalue weighted by Crippen LogP contribution is 2.37. The molecule has 1 amide bonds. The van der Waals surface area contributed by atoms with Gasteiger partial charge in [-0.05, 0) is 38.8 Å². The highest BCUT2D eigenvalue weighted by molar-refractivity contribution is 7.21. The van der Waals surface area contributed by atoms with Crippen LogP contribution in [0.5, 0.6) is 0 Å². The van der Waals surface area contributed by atoms with Gasteiger partial charge < -0.3 is 10.6 Å². The summed E-state index contributed by atoms with van der Waals surface area (Å²) in [6.45, 7) is 4.83. The summed E-state index contributed by atoms with van der Waals surface area (Å²) in [7, 11) is 0. The third kappa shape index (κ3) is 2.10. The zero-order chi connectivity index (χ0) is 13.6. The van der Waals surface area contributed by atoms with Crippen molar-refractivity contribution in [1.29, 1.82) is 0 Å². The zero-order valence-electron chi connectivity index (χ0n) is 11.3. The van der Waals surface area contributed by atoms with E-state index in [1.54, 1.807) is 0 Å². The van der Waals surface area contributed by atoms with Gasteiger partial charge in [-0.3, -0.25) is 4.79 Å². The summed E-state index contributed by atoms with van der Waals surface area (Å²) in [5, 5.41) is 1.01. The molecule has 1 aromatic heterocycles. The van der Waals surface area contributed by atoms with Gasteiger partial charge in [0.2, 0.25) is 0 Å². The van der Waals surface area contributed by atoms with Gasteiger partial charge in [-0.2, -0.15) is 0 Å². The molecule has 2 aromatic rings. The first-order chi connectivity index (χ1) is 9.11. The smallest absolute Gasteiger partial charge is 0.266 e. The fraction of sp³-hybridized carbons (Fsp3) is 0.400. The standard InChI is InChI=1S/C15H18N2OS/c1-3-17(10-5-6-10)15(18)14-13(16)11-8-9(2)4-7-12(11)19-14/h4,7-8,10H,3,5-6,16H2,1-2H3. The average Bonchev–Trinajstić information content (AvgIpc) is 3.17. The summed E-state index contributed by atoms with van der Waals surface area (Å²) in [5.74, 6) is 0.0985.